The number of benzene rings is 3. The molecular weight excluding hydrogens is 296 g/mol. The molecule has 3 aromatic rings. The zero-order chi connectivity index (χ0) is 13.2. The van der Waals surface area contributed by atoms with Gasteiger partial charge < -0.3 is 0 Å². The van der Waals surface area contributed by atoms with Gasteiger partial charge in [0.15, 0.2) is 0 Å². The SMILES string of the molecule is CCc1c(-c2ccc(Br)cc2)ccc2ccccc12. The molecule has 3 aromatic carbocycles. The minimum absolute atomic E-state index is 1.05. The Hall–Kier alpha value is -1.60. The van der Waals surface area contributed by atoms with Crippen molar-refractivity contribution in [3.8, 4) is 11.1 Å². The first-order valence-corrected chi connectivity index (χ1v) is 7.35. The fourth-order valence-electron chi connectivity index (χ4n) is 2.62. The van der Waals surface area contributed by atoms with Crippen LogP contribution >= 0.6 is 15.9 Å². The van der Waals surface area contributed by atoms with E-state index in [-0.39, 0.29) is 0 Å². The van der Waals surface area contributed by atoms with Crippen LogP contribution in [0.3, 0.4) is 0 Å². The first-order chi connectivity index (χ1) is 9.29. The van der Waals surface area contributed by atoms with Crippen LogP contribution in [-0.2, 0) is 6.42 Å². The van der Waals surface area contributed by atoms with Crippen LogP contribution in [0, 0.1) is 0 Å². The second kappa shape index (κ2) is 5.18. The average Bonchev–Trinajstić information content (AvgIpc) is 2.47. The Kier molecular flexibility index (Phi) is 3.39. The summed E-state index contributed by atoms with van der Waals surface area (Å²) in [4.78, 5) is 0. The Labute approximate surface area is 122 Å². The predicted molar refractivity (Wildman–Crippen MR) is 86.5 cm³/mol. The van der Waals surface area contributed by atoms with Gasteiger partial charge in [-0.15, -0.1) is 0 Å². The Bertz CT molecular complexity index is 711. The molecule has 0 bridgehead atoms. The maximum Gasteiger partial charge on any atom is 0.0175 e. The molecule has 0 nitrogen and oxygen atoms in total. The van der Waals surface area contributed by atoms with Crippen LogP contribution in [0.15, 0.2) is 65.1 Å². The summed E-state index contributed by atoms with van der Waals surface area (Å²) in [5.41, 5.74) is 4.06. The van der Waals surface area contributed by atoms with E-state index in [9.17, 15) is 0 Å². The maximum absolute atomic E-state index is 3.49. The minimum Gasteiger partial charge on any atom is -0.0616 e. The van der Waals surface area contributed by atoms with Crippen LogP contribution in [-0.4, -0.2) is 0 Å². The number of hydrogen-bond donors (Lipinski definition) is 0. The summed E-state index contributed by atoms with van der Waals surface area (Å²) in [7, 11) is 0. The highest BCUT2D eigenvalue weighted by molar-refractivity contribution is 9.10. The topological polar surface area (TPSA) is 0 Å². The van der Waals surface area contributed by atoms with Crippen LogP contribution < -0.4 is 0 Å². The zero-order valence-corrected chi connectivity index (χ0v) is 12.4. The van der Waals surface area contributed by atoms with Gasteiger partial charge in [-0.2, -0.15) is 0 Å². The highest BCUT2D eigenvalue weighted by atomic mass is 79.9. The smallest absolute Gasteiger partial charge is 0.0175 e. The van der Waals surface area contributed by atoms with E-state index in [0.29, 0.717) is 0 Å². The molecule has 0 amide bonds. The fraction of sp³-hybridized carbons (Fsp3) is 0.111. The van der Waals surface area contributed by atoms with E-state index in [1.165, 1.54) is 27.5 Å². The molecule has 0 atom stereocenters. The van der Waals surface area contributed by atoms with E-state index in [4.69, 9.17) is 0 Å². The Morgan fingerprint density at radius 1 is 0.842 bits per heavy atom. The monoisotopic (exact) mass is 310 g/mol. The van der Waals surface area contributed by atoms with Gasteiger partial charge in [0.05, 0.1) is 0 Å². The minimum atomic E-state index is 1.05. The lowest BCUT2D eigenvalue weighted by atomic mass is 9.93. The number of aryl methyl sites for hydroxylation is 1. The molecule has 0 aliphatic carbocycles. The van der Waals surface area contributed by atoms with Crippen molar-refractivity contribution in [3.05, 3.63) is 70.7 Å². The van der Waals surface area contributed by atoms with Crippen molar-refractivity contribution in [3.63, 3.8) is 0 Å². The molecule has 3 rings (SSSR count). The van der Waals surface area contributed by atoms with E-state index in [2.05, 4.69) is 83.5 Å². The molecule has 0 unspecified atom stereocenters. The zero-order valence-electron chi connectivity index (χ0n) is 10.9. The van der Waals surface area contributed by atoms with Crippen LogP contribution in [0.4, 0.5) is 0 Å². The normalized spacial score (nSPS) is 10.8. The van der Waals surface area contributed by atoms with E-state index >= 15 is 0 Å². The van der Waals surface area contributed by atoms with E-state index in [1.807, 2.05) is 0 Å². The number of rotatable bonds is 2. The summed E-state index contributed by atoms with van der Waals surface area (Å²) in [5.74, 6) is 0. The third-order valence-electron chi connectivity index (χ3n) is 3.55. The van der Waals surface area contributed by atoms with Crippen molar-refractivity contribution in [2.75, 3.05) is 0 Å². The summed E-state index contributed by atoms with van der Waals surface area (Å²) >= 11 is 3.49. The summed E-state index contributed by atoms with van der Waals surface area (Å²) < 4.78 is 1.12. The van der Waals surface area contributed by atoms with Crippen molar-refractivity contribution in [1.82, 2.24) is 0 Å². The lowest BCUT2D eigenvalue weighted by Crippen LogP contribution is -1.90. The number of fused-ring (bicyclic) bond motifs is 1. The van der Waals surface area contributed by atoms with Gasteiger partial charge in [-0.3, -0.25) is 0 Å². The van der Waals surface area contributed by atoms with Gasteiger partial charge >= 0.3 is 0 Å². The van der Waals surface area contributed by atoms with Gasteiger partial charge in [-0.1, -0.05) is 71.4 Å². The van der Waals surface area contributed by atoms with Crippen molar-refractivity contribution in [2.45, 2.75) is 13.3 Å². The molecule has 0 fully saturated rings. The Morgan fingerprint density at radius 3 is 2.32 bits per heavy atom. The highest BCUT2D eigenvalue weighted by Crippen LogP contribution is 2.31. The van der Waals surface area contributed by atoms with Crippen molar-refractivity contribution < 1.29 is 0 Å². The summed E-state index contributed by atoms with van der Waals surface area (Å²) in [6.45, 7) is 2.23. The average molecular weight is 311 g/mol. The number of hydrogen-bond acceptors (Lipinski definition) is 0. The van der Waals surface area contributed by atoms with Crippen molar-refractivity contribution >= 4 is 26.7 Å². The molecule has 0 saturated carbocycles. The van der Waals surface area contributed by atoms with Crippen LogP contribution in [0.2, 0.25) is 0 Å². The predicted octanol–water partition coefficient (Wildman–Crippen LogP) is 5.83. The van der Waals surface area contributed by atoms with Gasteiger partial charge in [0.2, 0.25) is 0 Å². The molecule has 0 saturated heterocycles. The number of halogens is 1. The lowest BCUT2D eigenvalue weighted by molar-refractivity contribution is 1.16. The van der Waals surface area contributed by atoms with Gasteiger partial charge in [0.1, 0.15) is 0 Å². The van der Waals surface area contributed by atoms with E-state index in [1.54, 1.807) is 0 Å². The Morgan fingerprint density at radius 2 is 1.58 bits per heavy atom. The van der Waals surface area contributed by atoms with E-state index in [0.717, 1.165) is 10.9 Å². The molecular formula is C18H15Br. The van der Waals surface area contributed by atoms with E-state index < -0.39 is 0 Å². The summed E-state index contributed by atoms with van der Waals surface area (Å²) in [6.07, 6.45) is 1.05. The lowest BCUT2D eigenvalue weighted by Gasteiger charge is -2.12. The molecule has 19 heavy (non-hydrogen) atoms. The molecule has 0 aliphatic heterocycles. The molecule has 0 N–H and O–H groups in total. The van der Waals surface area contributed by atoms with Crippen LogP contribution in [0.1, 0.15) is 12.5 Å². The van der Waals surface area contributed by atoms with Gasteiger partial charge in [-0.25, -0.2) is 0 Å². The largest absolute Gasteiger partial charge is 0.0616 e. The second-order valence-electron chi connectivity index (χ2n) is 4.67. The van der Waals surface area contributed by atoms with Crippen LogP contribution in [0.25, 0.3) is 21.9 Å². The molecule has 0 radical (unpaired) electrons. The molecule has 0 aliphatic rings. The summed E-state index contributed by atoms with van der Waals surface area (Å²) in [5, 5.41) is 2.69. The van der Waals surface area contributed by atoms with Gasteiger partial charge in [-0.05, 0) is 46.0 Å². The fourth-order valence-corrected chi connectivity index (χ4v) is 2.88. The highest BCUT2D eigenvalue weighted by Gasteiger charge is 2.07. The third-order valence-corrected chi connectivity index (χ3v) is 4.08. The standard InChI is InChI=1S/C18H15Br/c1-2-16-17-6-4-3-5-13(17)9-12-18(16)14-7-10-15(19)11-8-14/h3-12H,2H2,1H3. The maximum atomic E-state index is 3.49. The summed E-state index contributed by atoms with van der Waals surface area (Å²) in [6, 6.07) is 21.6. The third kappa shape index (κ3) is 2.31. The molecule has 1 heteroatoms. The second-order valence-corrected chi connectivity index (χ2v) is 5.59. The van der Waals surface area contributed by atoms with Gasteiger partial charge in [0.25, 0.3) is 0 Å². The Balaban J connectivity index is 2.26. The van der Waals surface area contributed by atoms with Crippen molar-refractivity contribution in [2.24, 2.45) is 0 Å². The van der Waals surface area contributed by atoms with Gasteiger partial charge in [0, 0.05) is 4.47 Å². The first kappa shape index (κ1) is 12.4. The quantitative estimate of drug-likeness (QED) is 0.558. The first-order valence-electron chi connectivity index (χ1n) is 6.56. The molecule has 0 heterocycles. The van der Waals surface area contributed by atoms with Crippen molar-refractivity contribution in [1.29, 1.82) is 0 Å². The molecule has 94 valence electrons. The van der Waals surface area contributed by atoms with Crippen LogP contribution in [0.5, 0.6) is 0 Å². The molecule has 0 spiro atoms. The molecule has 0 aromatic heterocycles.